The normalized spacial score (nSPS) is 12.2. The van der Waals surface area contributed by atoms with Crippen molar-refractivity contribution in [2.45, 2.75) is 26.3 Å². The van der Waals surface area contributed by atoms with Gasteiger partial charge in [-0.1, -0.05) is 0 Å². The Kier molecular flexibility index (Phi) is 5.75. The Bertz CT molecular complexity index is 904. The van der Waals surface area contributed by atoms with E-state index >= 15 is 0 Å². The molecule has 0 aliphatic heterocycles. The van der Waals surface area contributed by atoms with Crippen LogP contribution in [0.4, 0.5) is 4.39 Å². The van der Waals surface area contributed by atoms with Gasteiger partial charge in [0.15, 0.2) is 0 Å². The lowest BCUT2D eigenvalue weighted by Gasteiger charge is -2.11. The maximum absolute atomic E-state index is 13.1. The number of nitrogens with one attached hydrogen (secondary N) is 1. The van der Waals surface area contributed by atoms with E-state index in [1.54, 1.807) is 17.5 Å². The number of nitrogens with zero attached hydrogens (tertiary/aromatic N) is 2. The highest BCUT2D eigenvalue weighted by Gasteiger charge is 2.19. The van der Waals surface area contributed by atoms with Gasteiger partial charge in [-0.2, -0.15) is 0 Å². The minimum absolute atomic E-state index is 0.200. The average Bonchev–Trinajstić information content (AvgIpc) is 3.23. The number of hydrogen-bond acceptors (Lipinski definition) is 6. The molecule has 2 heterocycles. The van der Waals surface area contributed by atoms with E-state index in [0.717, 1.165) is 26.1 Å². The lowest BCUT2D eigenvalue weighted by molar-refractivity contribution is 0.0936. The lowest BCUT2D eigenvalue weighted by Crippen LogP contribution is -2.26. The van der Waals surface area contributed by atoms with Gasteiger partial charge in [0.1, 0.15) is 16.5 Å². The van der Waals surface area contributed by atoms with Gasteiger partial charge < -0.3 is 11.1 Å². The monoisotopic (exact) mass is 390 g/mol. The molecule has 8 heteroatoms. The van der Waals surface area contributed by atoms with Crippen molar-refractivity contribution in [3.8, 4) is 10.6 Å². The van der Waals surface area contributed by atoms with Crippen LogP contribution in [0, 0.1) is 12.7 Å². The zero-order valence-corrected chi connectivity index (χ0v) is 16.1. The van der Waals surface area contributed by atoms with Crippen LogP contribution in [0.1, 0.15) is 39.0 Å². The zero-order chi connectivity index (χ0) is 18.7. The molecule has 0 bridgehead atoms. The molecule has 3 rings (SSSR count). The van der Waals surface area contributed by atoms with Crippen LogP contribution in [0.15, 0.2) is 29.6 Å². The second kappa shape index (κ2) is 8.03. The number of nitrogens with two attached hydrogens (primary N) is 1. The average molecular weight is 391 g/mol. The molecule has 0 fully saturated rings. The summed E-state index contributed by atoms with van der Waals surface area (Å²) in [6.07, 6.45) is 0.669. The van der Waals surface area contributed by atoms with Gasteiger partial charge in [0.05, 0.1) is 21.6 Å². The summed E-state index contributed by atoms with van der Waals surface area (Å²) < 4.78 is 13.1. The second-order valence-corrected chi connectivity index (χ2v) is 7.81. The van der Waals surface area contributed by atoms with Crippen LogP contribution in [0.3, 0.4) is 0 Å². The van der Waals surface area contributed by atoms with Gasteiger partial charge >= 0.3 is 0 Å². The van der Waals surface area contributed by atoms with Gasteiger partial charge in [0.25, 0.3) is 5.91 Å². The number of aromatic nitrogens is 2. The van der Waals surface area contributed by atoms with E-state index in [0.29, 0.717) is 18.7 Å². The van der Waals surface area contributed by atoms with Crippen LogP contribution in [0.5, 0.6) is 0 Å². The van der Waals surface area contributed by atoms with Crippen LogP contribution < -0.4 is 11.1 Å². The van der Waals surface area contributed by atoms with E-state index < -0.39 is 0 Å². The van der Waals surface area contributed by atoms with Crippen molar-refractivity contribution in [1.29, 1.82) is 0 Å². The van der Waals surface area contributed by atoms with E-state index in [2.05, 4.69) is 15.3 Å². The minimum atomic E-state index is -0.278. The van der Waals surface area contributed by atoms with Crippen molar-refractivity contribution in [3.05, 3.63) is 56.7 Å². The molecule has 0 saturated heterocycles. The summed E-state index contributed by atoms with van der Waals surface area (Å²) in [5, 5.41) is 6.38. The molecule has 136 valence electrons. The molecule has 1 atom stereocenters. The molecule has 3 aromatic rings. The van der Waals surface area contributed by atoms with Crippen LogP contribution in [-0.2, 0) is 6.42 Å². The van der Waals surface area contributed by atoms with E-state index in [1.807, 2.05) is 13.8 Å². The highest BCUT2D eigenvalue weighted by Crippen LogP contribution is 2.32. The molecule has 26 heavy (non-hydrogen) atoms. The van der Waals surface area contributed by atoms with Crippen LogP contribution in [-0.4, -0.2) is 22.4 Å². The highest BCUT2D eigenvalue weighted by molar-refractivity contribution is 7.15. The molecule has 0 aliphatic carbocycles. The molecule has 2 aromatic heterocycles. The third kappa shape index (κ3) is 4.14. The Hall–Kier alpha value is -2.16. The number of aryl methyl sites for hydroxylation is 1. The molecule has 0 saturated carbocycles. The molecule has 1 amide bonds. The van der Waals surface area contributed by atoms with Crippen LogP contribution >= 0.6 is 22.7 Å². The molecule has 0 spiro atoms. The predicted molar refractivity (Wildman–Crippen MR) is 103 cm³/mol. The van der Waals surface area contributed by atoms with Gasteiger partial charge in [-0.3, -0.25) is 4.79 Å². The fourth-order valence-electron chi connectivity index (χ4n) is 2.52. The predicted octanol–water partition coefficient (Wildman–Crippen LogP) is 3.71. The van der Waals surface area contributed by atoms with Gasteiger partial charge in [0.2, 0.25) is 0 Å². The first kappa shape index (κ1) is 18.6. The highest BCUT2D eigenvalue weighted by atomic mass is 32.1. The third-order valence-corrected chi connectivity index (χ3v) is 6.10. The summed E-state index contributed by atoms with van der Waals surface area (Å²) in [6.45, 7) is 4.33. The van der Waals surface area contributed by atoms with Crippen molar-refractivity contribution in [2.24, 2.45) is 5.73 Å². The maximum atomic E-state index is 13.1. The lowest BCUT2D eigenvalue weighted by atomic mass is 10.2. The Balaban J connectivity index is 1.74. The number of carbonyl (C=O) groups is 1. The number of carbonyl (C=O) groups excluding carboxylic acids is 1. The van der Waals surface area contributed by atoms with Gasteiger partial charge in [-0.25, -0.2) is 14.4 Å². The second-order valence-electron chi connectivity index (χ2n) is 5.84. The summed E-state index contributed by atoms with van der Waals surface area (Å²) >= 11 is 2.93. The topological polar surface area (TPSA) is 80.9 Å². The van der Waals surface area contributed by atoms with E-state index in [4.69, 9.17) is 5.73 Å². The fraction of sp³-hybridized carbons (Fsp3) is 0.278. The Labute approximate surface area is 159 Å². The van der Waals surface area contributed by atoms with Crippen molar-refractivity contribution >= 4 is 28.6 Å². The molecule has 0 radical (unpaired) electrons. The van der Waals surface area contributed by atoms with Crippen LogP contribution in [0.25, 0.3) is 10.6 Å². The number of amides is 1. The van der Waals surface area contributed by atoms with Crippen LogP contribution in [0.2, 0.25) is 0 Å². The number of halogens is 1. The molecular formula is C18H19FN4OS2. The number of thiazole rings is 2. The standard InChI is InChI=1S/C18H19FN4OS2/c1-10(21-17(24)14-9-25-15(23-14)7-8-20)16-11(2)22-18(26-16)12-3-5-13(19)6-4-12/h3-6,9-10H,7-8,20H2,1-2H3,(H,21,24). The van der Waals surface area contributed by atoms with Gasteiger partial charge in [0, 0.05) is 17.4 Å². The number of hydrogen-bond donors (Lipinski definition) is 2. The molecule has 3 N–H and O–H groups in total. The summed E-state index contributed by atoms with van der Waals surface area (Å²) in [4.78, 5) is 22.2. The van der Waals surface area contributed by atoms with E-state index in [9.17, 15) is 9.18 Å². The SMILES string of the molecule is Cc1nc(-c2ccc(F)cc2)sc1C(C)NC(=O)c1csc(CCN)n1. The summed E-state index contributed by atoms with van der Waals surface area (Å²) in [6, 6.07) is 6.04. The summed E-state index contributed by atoms with van der Waals surface area (Å²) in [7, 11) is 0. The van der Waals surface area contributed by atoms with E-state index in [-0.39, 0.29) is 17.8 Å². The smallest absolute Gasteiger partial charge is 0.271 e. The molecule has 5 nitrogen and oxygen atoms in total. The van der Waals surface area contributed by atoms with Crippen molar-refractivity contribution in [3.63, 3.8) is 0 Å². The minimum Gasteiger partial charge on any atom is -0.343 e. The van der Waals surface area contributed by atoms with E-state index in [1.165, 1.54) is 34.8 Å². The van der Waals surface area contributed by atoms with Gasteiger partial charge in [-0.15, -0.1) is 22.7 Å². The van der Waals surface area contributed by atoms with Gasteiger partial charge in [-0.05, 0) is 44.7 Å². The Morgan fingerprint density at radius 1 is 1.31 bits per heavy atom. The summed E-state index contributed by atoms with van der Waals surface area (Å²) in [5.41, 5.74) is 7.63. The fourth-order valence-corrected chi connectivity index (χ4v) is 4.38. The third-order valence-electron chi connectivity index (χ3n) is 3.81. The maximum Gasteiger partial charge on any atom is 0.271 e. The zero-order valence-electron chi connectivity index (χ0n) is 14.5. The van der Waals surface area contributed by atoms with Crippen molar-refractivity contribution in [1.82, 2.24) is 15.3 Å². The number of rotatable bonds is 6. The first-order valence-electron chi connectivity index (χ1n) is 8.16. The molecular weight excluding hydrogens is 371 g/mol. The Morgan fingerprint density at radius 2 is 2.04 bits per heavy atom. The number of benzene rings is 1. The van der Waals surface area contributed by atoms with Crippen molar-refractivity contribution in [2.75, 3.05) is 6.54 Å². The first-order valence-corrected chi connectivity index (χ1v) is 9.86. The molecule has 1 aromatic carbocycles. The largest absolute Gasteiger partial charge is 0.343 e. The summed E-state index contributed by atoms with van der Waals surface area (Å²) in [5.74, 6) is -0.492. The van der Waals surface area contributed by atoms with Crippen molar-refractivity contribution < 1.29 is 9.18 Å². The molecule has 1 unspecified atom stereocenters. The first-order chi connectivity index (χ1) is 12.5. The Morgan fingerprint density at radius 3 is 2.73 bits per heavy atom. The molecule has 0 aliphatic rings. The quantitative estimate of drug-likeness (QED) is 0.672.